The number of benzene rings is 1. The molecular weight excluding hydrogens is 304 g/mol. The molecule has 1 N–H and O–H groups in total. The van der Waals surface area contributed by atoms with E-state index in [9.17, 15) is 18.0 Å². The van der Waals surface area contributed by atoms with Gasteiger partial charge < -0.3 is 4.90 Å². The third-order valence-electron chi connectivity index (χ3n) is 4.23. The van der Waals surface area contributed by atoms with Gasteiger partial charge >= 0.3 is 0 Å². The highest BCUT2D eigenvalue weighted by Gasteiger charge is 2.39. The molecule has 0 fully saturated rings. The zero-order valence-corrected chi connectivity index (χ0v) is 13.3. The summed E-state index contributed by atoms with van der Waals surface area (Å²) in [5.74, 6) is -0.0105. The highest BCUT2D eigenvalue weighted by Crippen LogP contribution is 2.44. The highest BCUT2D eigenvalue weighted by atomic mass is 32.2. The van der Waals surface area contributed by atoms with Gasteiger partial charge in [-0.05, 0) is 25.0 Å². The molecule has 1 aromatic rings. The number of carbonyl (C=O) groups is 2. The summed E-state index contributed by atoms with van der Waals surface area (Å²) < 4.78 is 24.9. The Morgan fingerprint density at radius 1 is 1.41 bits per heavy atom. The Morgan fingerprint density at radius 3 is 2.82 bits per heavy atom. The lowest BCUT2D eigenvalue weighted by Crippen LogP contribution is -2.46. The lowest BCUT2D eigenvalue weighted by Gasteiger charge is -2.22. The summed E-state index contributed by atoms with van der Waals surface area (Å²) in [6.45, 7) is 2.04. The zero-order chi connectivity index (χ0) is 16.1. The maximum absolute atomic E-state index is 12.6. The van der Waals surface area contributed by atoms with Crippen LogP contribution in [0.2, 0.25) is 0 Å². The van der Waals surface area contributed by atoms with Crippen molar-refractivity contribution in [1.29, 1.82) is 0 Å². The number of amides is 1. The van der Waals surface area contributed by atoms with Gasteiger partial charge in [0, 0.05) is 30.1 Å². The van der Waals surface area contributed by atoms with E-state index < -0.39 is 16.1 Å². The van der Waals surface area contributed by atoms with Gasteiger partial charge in [-0.2, -0.15) is 0 Å². The second kappa shape index (κ2) is 5.17. The monoisotopic (exact) mass is 322 g/mol. The van der Waals surface area contributed by atoms with Gasteiger partial charge in [0.2, 0.25) is 15.9 Å². The molecule has 0 spiro atoms. The van der Waals surface area contributed by atoms with Crippen molar-refractivity contribution >= 4 is 27.4 Å². The van der Waals surface area contributed by atoms with E-state index in [1.54, 1.807) is 17.0 Å². The minimum Gasteiger partial charge on any atom is -0.310 e. The van der Waals surface area contributed by atoms with E-state index >= 15 is 0 Å². The molecule has 7 heteroatoms. The molecule has 1 aliphatic heterocycles. The molecule has 2 aliphatic rings. The predicted octanol–water partition coefficient (Wildman–Crippen LogP) is 1.03. The summed E-state index contributed by atoms with van der Waals surface area (Å²) in [5, 5.41) is 0. The van der Waals surface area contributed by atoms with E-state index in [-0.39, 0.29) is 17.6 Å². The molecule has 0 bridgehead atoms. The minimum absolute atomic E-state index is 0.115. The van der Waals surface area contributed by atoms with Crippen LogP contribution < -0.4 is 9.62 Å². The van der Waals surface area contributed by atoms with E-state index in [0.29, 0.717) is 18.5 Å². The highest BCUT2D eigenvalue weighted by molar-refractivity contribution is 7.88. The topological polar surface area (TPSA) is 83.6 Å². The van der Waals surface area contributed by atoms with Crippen molar-refractivity contribution in [2.75, 3.05) is 17.7 Å². The number of Topliss-reactive ketones (excluding diaryl/α,β-unsaturated/α-hetero) is 1. The van der Waals surface area contributed by atoms with Crippen LogP contribution in [-0.4, -0.2) is 39.0 Å². The number of ketones is 1. The van der Waals surface area contributed by atoms with E-state index in [1.165, 1.54) is 6.92 Å². The number of nitrogens with one attached hydrogen (secondary N) is 1. The predicted molar refractivity (Wildman–Crippen MR) is 82.5 cm³/mol. The number of hydrogen-bond donors (Lipinski definition) is 1. The first-order valence-corrected chi connectivity index (χ1v) is 9.12. The smallest absolute Gasteiger partial charge is 0.244 e. The van der Waals surface area contributed by atoms with Gasteiger partial charge in [0.05, 0.1) is 12.3 Å². The van der Waals surface area contributed by atoms with Crippen molar-refractivity contribution in [3.63, 3.8) is 0 Å². The number of nitrogens with zero attached hydrogens (tertiary/aromatic N) is 1. The first-order chi connectivity index (χ1) is 10.3. The number of hydrogen-bond acceptors (Lipinski definition) is 4. The molecule has 1 amide bonds. The number of carbonyl (C=O) groups excluding carboxylic acids is 2. The second-order valence-corrected chi connectivity index (χ2v) is 7.74. The van der Waals surface area contributed by atoms with E-state index in [0.717, 1.165) is 23.9 Å². The first-order valence-electron chi connectivity index (χ1n) is 7.22. The Kier molecular flexibility index (Phi) is 3.57. The molecule has 1 heterocycles. The van der Waals surface area contributed by atoms with Gasteiger partial charge in [0.25, 0.3) is 0 Å². The number of sulfonamides is 1. The normalized spacial score (nSPS) is 21.6. The fourth-order valence-electron chi connectivity index (χ4n) is 3.36. The number of anilines is 1. The molecule has 0 saturated carbocycles. The largest absolute Gasteiger partial charge is 0.310 e. The molecule has 1 aromatic carbocycles. The van der Waals surface area contributed by atoms with Crippen LogP contribution in [-0.2, 0) is 14.8 Å². The van der Waals surface area contributed by atoms with Gasteiger partial charge in [-0.25, -0.2) is 13.1 Å². The van der Waals surface area contributed by atoms with Crippen LogP contribution in [0.4, 0.5) is 5.69 Å². The van der Waals surface area contributed by atoms with Crippen molar-refractivity contribution in [3.05, 3.63) is 29.3 Å². The first kappa shape index (κ1) is 15.2. The van der Waals surface area contributed by atoms with Gasteiger partial charge in [-0.15, -0.1) is 0 Å². The molecule has 118 valence electrons. The van der Waals surface area contributed by atoms with Gasteiger partial charge in [0.15, 0.2) is 5.78 Å². The average molecular weight is 322 g/mol. The molecule has 0 radical (unpaired) electrons. The van der Waals surface area contributed by atoms with Crippen molar-refractivity contribution in [2.45, 2.75) is 31.7 Å². The van der Waals surface area contributed by atoms with E-state index in [4.69, 9.17) is 0 Å². The van der Waals surface area contributed by atoms with Crippen molar-refractivity contribution < 1.29 is 18.0 Å². The lowest BCUT2D eigenvalue weighted by molar-refractivity contribution is -0.119. The molecule has 2 atom stereocenters. The average Bonchev–Trinajstić information content (AvgIpc) is 2.80. The zero-order valence-electron chi connectivity index (χ0n) is 12.5. The summed E-state index contributed by atoms with van der Waals surface area (Å²) >= 11 is 0. The third kappa shape index (κ3) is 2.55. The SMILES string of the molecule is CC(NS(C)(=O)=O)C(=O)N1CC2CCC(=O)c3cccc1c32. The van der Waals surface area contributed by atoms with Crippen LogP contribution in [0.1, 0.15) is 41.6 Å². The van der Waals surface area contributed by atoms with Crippen molar-refractivity contribution in [3.8, 4) is 0 Å². The maximum Gasteiger partial charge on any atom is 0.244 e. The molecule has 22 heavy (non-hydrogen) atoms. The Bertz CT molecular complexity index is 757. The fourth-order valence-corrected chi connectivity index (χ4v) is 4.10. The maximum atomic E-state index is 12.6. The van der Waals surface area contributed by atoms with Gasteiger partial charge in [-0.3, -0.25) is 9.59 Å². The van der Waals surface area contributed by atoms with Crippen LogP contribution in [0.5, 0.6) is 0 Å². The fraction of sp³-hybridized carbons (Fsp3) is 0.467. The van der Waals surface area contributed by atoms with Crippen LogP contribution in [0, 0.1) is 0 Å². The summed E-state index contributed by atoms with van der Waals surface area (Å²) in [6.07, 6.45) is 2.27. The summed E-state index contributed by atoms with van der Waals surface area (Å²) in [6, 6.07) is 4.57. The van der Waals surface area contributed by atoms with Gasteiger partial charge in [0.1, 0.15) is 0 Å². The van der Waals surface area contributed by atoms with Crippen LogP contribution in [0.3, 0.4) is 0 Å². The quantitative estimate of drug-likeness (QED) is 0.901. The molecule has 0 aromatic heterocycles. The third-order valence-corrected chi connectivity index (χ3v) is 5.01. The van der Waals surface area contributed by atoms with Crippen LogP contribution in [0.15, 0.2) is 18.2 Å². The van der Waals surface area contributed by atoms with E-state index in [1.807, 2.05) is 6.07 Å². The minimum atomic E-state index is -3.45. The molecular formula is C15H18N2O4S. The summed E-state index contributed by atoms with van der Waals surface area (Å²) in [7, 11) is -3.45. The van der Waals surface area contributed by atoms with Crippen molar-refractivity contribution in [1.82, 2.24) is 4.72 Å². The van der Waals surface area contributed by atoms with Gasteiger partial charge in [-0.1, -0.05) is 12.1 Å². The lowest BCUT2D eigenvalue weighted by atomic mass is 9.83. The molecule has 0 saturated heterocycles. The molecule has 2 unspecified atom stereocenters. The van der Waals surface area contributed by atoms with E-state index in [2.05, 4.69) is 4.72 Å². The van der Waals surface area contributed by atoms with Crippen molar-refractivity contribution in [2.24, 2.45) is 0 Å². The Hall–Kier alpha value is -1.73. The number of rotatable bonds is 3. The standard InChI is InChI=1S/C15H18N2O4S/c1-9(16-22(2,20)21)15(19)17-8-10-6-7-13(18)11-4-3-5-12(17)14(10)11/h3-5,9-10,16H,6-8H2,1-2H3. The Balaban J connectivity index is 1.94. The second-order valence-electron chi connectivity index (χ2n) is 5.96. The summed E-state index contributed by atoms with van der Waals surface area (Å²) in [5.41, 5.74) is 2.38. The molecule has 6 nitrogen and oxygen atoms in total. The van der Waals surface area contributed by atoms with Crippen LogP contribution in [0.25, 0.3) is 0 Å². The molecule has 1 aliphatic carbocycles. The Morgan fingerprint density at radius 2 is 2.14 bits per heavy atom. The molecule has 3 rings (SSSR count). The summed E-state index contributed by atoms with van der Waals surface area (Å²) in [4.78, 5) is 26.2. The van der Waals surface area contributed by atoms with Crippen LogP contribution >= 0.6 is 0 Å². The Labute approximate surface area is 129 Å².